The summed E-state index contributed by atoms with van der Waals surface area (Å²) in [7, 11) is 2.07. The Labute approximate surface area is 148 Å². The van der Waals surface area contributed by atoms with Gasteiger partial charge in [-0.15, -0.1) is 0 Å². The number of para-hydroxylation sites is 2. The number of aromatic nitrogens is 1. The fourth-order valence-corrected chi connectivity index (χ4v) is 2.82. The van der Waals surface area contributed by atoms with Gasteiger partial charge in [0.2, 0.25) is 0 Å². The molecular weight excluding hydrogens is 316 g/mol. The average Bonchev–Trinajstić information content (AvgIpc) is 2.64. The minimum atomic E-state index is 0.0299. The van der Waals surface area contributed by atoms with Crippen LogP contribution in [0.25, 0.3) is 0 Å². The van der Waals surface area contributed by atoms with Crippen LogP contribution in [0.15, 0.2) is 42.7 Å². The number of nitrogens with one attached hydrogen (secondary N) is 1. The number of hydrogen-bond acceptors (Lipinski definition) is 5. The molecule has 3 rings (SSSR count). The summed E-state index contributed by atoms with van der Waals surface area (Å²) in [5.74, 6) is 0.808. The minimum Gasteiger partial charge on any atom is -0.492 e. The molecular formula is C19H24N4O2. The third kappa shape index (κ3) is 4.28. The number of carbonyl (C=O) groups excluding carboxylic acids is 1. The van der Waals surface area contributed by atoms with E-state index in [1.54, 1.807) is 12.4 Å². The third-order valence-electron chi connectivity index (χ3n) is 4.24. The van der Waals surface area contributed by atoms with E-state index in [0.29, 0.717) is 12.2 Å². The van der Waals surface area contributed by atoms with Gasteiger partial charge in [-0.05, 0) is 32.2 Å². The highest BCUT2D eigenvalue weighted by molar-refractivity contribution is 5.95. The van der Waals surface area contributed by atoms with Crippen molar-refractivity contribution in [3.05, 3.63) is 48.3 Å². The summed E-state index contributed by atoms with van der Waals surface area (Å²) in [6.45, 7) is 5.85. The zero-order valence-electron chi connectivity index (χ0n) is 14.7. The number of pyridine rings is 1. The predicted molar refractivity (Wildman–Crippen MR) is 98.5 cm³/mol. The van der Waals surface area contributed by atoms with Crippen molar-refractivity contribution in [3.8, 4) is 5.75 Å². The summed E-state index contributed by atoms with van der Waals surface area (Å²) in [6, 6.07) is 9.58. The first-order chi connectivity index (χ1) is 12.2. The molecule has 2 heterocycles. The molecule has 0 aliphatic carbocycles. The molecule has 1 saturated heterocycles. The molecule has 1 aliphatic heterocycles. The lowest BCUT2D eigenvalue weighted by Gasteiger charge is -2.32. The molecule has 1 N–H and O–H groups in total. The number of ether oxygens (including phenoxy) is 1. The van der Waals surface area contributed by atoms with Crippen molar-refractivity contribution in [2.24, 2.45) is 0 Å². The van der Waals surface area contributed by atoms with Crippen LogP contribution < -0.4 is 10.1 Å². The number of rotatable bonds is 5. The quantitative estimate of drug-likeness (QED) is 0.907. The number of likely N-dealkylation sites (N-methyl/N-ethyl adjacent to an activating group) is 1. The summed E-state index contributed by atoms with van der Waals surface area (Å²) in [6.07, 6.45) is 3.34. The van der Waals surface area contributed by atoms with Gasteiger partial charge in [-0.2, -0.15) is 0 Å². The minimum absolute atomic E-state index is 0.0299. The lowest BCUT2D eigenvalue weighted by atomic mass is 10.2. The first-order valence-electron chi connectivity index (χ1n) is 8.59. The maximum atomic E-state index is 12.7. The Balaban J connectivity index is 1.74. The van der Waals surface area contributed by atoms with Crippen LogP contribution in [0.1, 0.15) is 17.3 Å². The Morgan fingerprint density at radius 1 is 1.20 bits per heavy atom. The molecule has 0 unspecified atom stereocenters. The number of hydrogen-bond donors (Lipinski definition) is 1. The van der Waals surface area contributed by atoms with E-state index in [-0.39, 0.29) is 5.91 Å². The summed E-state index contributed by atoms with van der Waals surface area (Å²) >= 11 is 0. The second kappa shape index (κ2) is 7.98. The molecule has 1 aromatic heterocycles. The Morgan fingerprint density at radius 3 is 2.72 bits per heavy atom. The van der Waals surface area contributed by atoms with Gasteiger partial charge < -0.3 is 19.9 Å². The van der Waals surface area contributed by atoms with Gasteiger partial charge in [-0.25, -0.2) is 0 Å². The van der Waals surface area contributed by atoms with E-state index in [1.165, 1.54) is 0 Å². The van der Waals surface area contributed by atoms with E-state index in [9.17, 15) is 4.79 Å². The van der Waals surface area contributed by atoms with Crippen LogP contribution in [-0.2, 0) is 0 Å². The third-order valence-corrected chi connectivity index (χ3v) is 4.24. The Morgan fingerprint density at radius 2 is 1.96 bits per heavy atom. The first kappa shape index (κ1) is 17.2. The number of nitrogens with zero attached hydrogens (tertiary/aromatic N) is 3. The lowest BCUT2D eigenvalue weighted by Crippen LogP contribution is -2.47. The van der Waals surface area contributed by atoms with Crippen molar-refractivity contribution in [2.45, 2.75) is 6.92 Å². The smallest absolute Gasteiger partial charge is 0.255 e. The van der Waals surface area contributed by atoms with Crippen molar-refractivity contribution in [1.29, 1.82) is 0 Å². The second-order valence-corrected chi connectivity index (χ2v) is 6.11. The molecule has 6 heteroatoms. The summed E-state index contributed by atoms with van der Waals surface area (Å²) in [4.78, 5) is 21.0. The molecule has 25 heavy (non-hydrogen) atoms. The van der Waals surface area contributed by atoms with Crippen molar-refractivity contribution in [1.82, 2.24) is 14.8 Å². The SMILES string of the molecule is CCOc1ccccc1Nc1cncc(C(=O)N2CCN(C)CC2)c1. The van der Waals surface area contributed by atoms with E-state index < -0.39 is 0 Å². The van der Waals surface area contributed by atoms with Crippen LogP contribution in [0.3, 0.4) is 0 Å². The van der Waals surface area contributed by atoms with Gasteiger partial charge in [0, 0.05) is 32.4 Å². The van der Waals surface area contributed by atoms with E-state index in [4.69, 9.17) is 4.74 Å². The van der Waals surface area contributed by atoms with Gasteiger partial charge in [-0.3, -0.25) is 9.78 Å². The van der Waals surface area contributed by atoms with Crippen molar-refractivity contribution in [3.63, 3.8) is 0 Å². The van der Waals surface area contributed by atoms with Gasteiger partial charge in [0.15, 0.2) is 0 Å². The van der Waals surface area contributed by atoms with Crippen LogP contribution in [0.4, 0.5) is 11.4 Å². The Bertz CT molecular complexity index is 727. The lowest BCUT2D eigenvalue weighted by molar-refractivity contribution is 0.0663. The molecule has 1 aliphatic rings. The number of carbonyl (C=O) groups is 1. The zero-order chi connectivity index (χ0) is 17.6. The highest BCUT2D eigenvalue weighted by Gasteiger charge is 2.20. The molecule has 0 atom stereocenters. The number of piperazine rings is 1. The average molecular weight is 340 g/mol. The van der Waals surface area contributed by atoms with Crippen LogP contribution >= 0.6 is 0 Å². The van der Waals surface area contributed by atoms with Gasteiger partial charge in [0.1, 0.15) is 5.75 Å². The molecule has 1 amide bonds. The van der Waals surface area contributed by atoms with Gasteiger partial charge >= 0.3 is 0 Å². The van der Waals surface area contributed by atoms with Crippen LogP contribution in [0.2, 0.25) is 0 Å². The maximum absolute atomic E-state index is 12.7. The summed E-state index contributed by atoms with van der Waals surface area (Å²) in [5, 5.41) is 3.30. The normalized spacial score (nSPS) is 15.0. The topological polar surface area (TPSA) is 57.7 Å². The molecule has 0 spiro atoms. The van der Waals surface area contributed by atoms with E-state index in [2.05, 4.69) is 22.2 Å². The van der Waals surface area contributed by atoms with Crippen LogP contribution in [0, 0.1) is 0 Å². The van der Waals surface area contributed by atoms with Crippen LogP contribution in [0.5, 0.6) is 5.75 Å². The first-order valence-corrected chi connectivity index (χ1v) is 8.59. The molecule has 132 valence electrons. The van der Waals surface area contributed by atoms with Gasteiger partial charge in [0.05, 0.1) is 29.7 Å². The Hall–Kier alpha value is -2.60. The summed E-state index contributed by atoms with van der Waals surface area (Å²) < 4.78 is 5.63. The standard InChI is InChI=1S/C19H24N4O2/c1-3-25-18-7-5-4-6-17(18)21-16-12-15(13-20-14-16)19(24)23-10-8-22(2)9-11-23/h4-7,12-14,21H,3,8-11H2,1-2H3. The van der Waals surface area contributed by atoms with Gasteiger partial charge in [0.25, 0.3) is 5.91 Å². The largest absolute Gasteiger partial charge is 0.492 e. The van der Waals surface area contributed by atoms with Crippen molar-refractivity contribution >= 4 is 17.3 Å². The van der Waals surface area contributed by atoms with E-state index >= 15 is 0 Å². The van der Waals surface area contributed by atoms with Crippen LogP contribution in [-0.4, -0.2) is 60.5 Å². The van der Waals surface area contributed by atoms with E-state index in [1.807, 2.05) is 42.2 Å². The second-order valence-electron chi connectivity index (χ2n) is 6.11. The number of benzene rings is 1. The van der Waals surface area contributed by atoms with E-state index in [0.717, 1.165) is 43.3 Å². The summed E-state index contributed by atoms with van der Waals surface area (Å²) in [5.41, 5.74) is 2.23. The number of anilines is 2. The molecule has 1 aromatic carbocycles. The highest BCUT2D eigenvalue weighted by atomic mass is 16.5. The zero-order valence-corrected chi connectivity index (χ0v) is 14.7. The monoisotopic (exact) mass is 340 g/mol. The van der Waals surface area contributed by atoms with Crippen molar-refractivity contribution < 1.29 is 9.53 Å². The molecule has 2 aromatic rings. The van der Waals surface area contributed by atoms with Crippen molar-refractivity contribution in [2.75, 3.05) is 45.2 Å². The molecule has 1 fully saturated rings. The fourth-order valence-electron chi connectivity index (χ4n) is 2.82. The fraction of sp³-hybridized carbons (Fsp3) is 0.368. The molecule has 6 nitrogen and oxygen atoms in total. The predicted octanol–water partition coefficient (Wildman–Crippen LogP) is 2.61. The maximum Gasteiger partial charge on any atom is 0.255 e. The Kier molecular flexibility index (Phi) is 5.50. The molecule has 0 radical (unpaired) electrons. The van der Waals surface area contributed by atoms with Gasteiger partial charge in [-0.1, -0.05) is 12.1 Å². The highest BCUT2D eigenvalue weighted by Crippen LogP contribution is 2.27. The number of amides is 1. The molecule has 0 bridgehead atoms. The molecule has 0 saturated carbocycles.